The second-order valence-electron chi connectivity index (χ2n) is 5.48. The van der Waals surface area contributed by atoms with Crippen molar-refractivity contribution in [1.82, 2.24) is 5.32 Å². The molecule has 0 saturated carbocycles. The monoisotopic (exact) mass is 419 g/mol. The molecule has 0 spiro atoms. The highest BCUT2D eigenvalue weighted by atomic mass is 79.9. The third kappa shape index (κ3) is 7.18. The van der Waals surface area contributed by atoms with Gasteiger partial charge in [0.25, 0.3) is 0 Å². The molecule has 132 valence electrons. The number of anilines is 1. The highest BCUT2D eigenvalue weighted by Gasteiger charge is 2.24. The second kappa shape index (κ2) is 9.48. The zero-order valence-electron chi connectivity index (χ0n) is 13.3. The number of primary amides is 1. The van der Waals surface area contributed by atoms with Gasteiger partial charge < -0.3 is 21.1 Å². The van der Waals surface area contributed by atoms with E-state index in [2.05, 4.69) is 26.6 Å². The summed E-state index contributed by atoms with van der Waals surface area (Å²) in [4.78, 5) is 35.1. The maximum absolute atomic E-state index is 12.3. The van der Waals surface area contributed by atoms with E-state index in [1.807, 2.05) is 13.8 Å². The molecule has 0 aliphatic rings. The third-order valence-corrected chi connectivity index (χ3v) is 3.96. The molecule has 9 heteroatoms. The first kappa shape index (κ1) is 20.2. The van der Waals surface area contributed by atoms with Gasteiger partial charge in [-0.1, -0.05) is 25.4 Å². The van der Waals surface area contributed by atoms with Crippen LogP contribution < -0.4 is 16.4 Å². The fourth-order valence-electron chi connectivity index (χ4n) is 1.64. The second-order valence-corrected chi connectivity index (χ2v) is 6.74. The maximum Gasteiger partial charge on any atom is 0.407 e. The molecule has 0 saturated heterocycles. The van der Waals surface area contributed by atoms with Gasteiger partial charge in [0.15, 0.2) is 0 Å². The van der Waals surface area contributed by atoms with Gasteiger partial charge in [-0.25, -0.2) is 4.79 Å². The largest absolute Gasteiger partial charge is 0.449 e. The number of carbonyl (C=O) groups excluding carboxylic acids is 3. The highest BCUT2D eigenvalue weighted by Crippen LogP contribution is 2.25. The average Bonchev–Trinajstić information content (AvgIpc) is 2.47. The summed E-state index contributed by atoms with van der Waals surface area (Å²) in [6.45, 7) is 3.94. The Kier molecular flexibility index (Phi) is 8.00. The van der Waals surface area contributed by atoms with E-state index in [-0.39, 0.29) is 18.9 Å². The number of nitrogens with two attached hydrogens (primary N) is 1. The van der Waals surface area contributed by atoms with Gasteiger partial charge in [0, 0.05) is 10.2 Å². The first-order valence-electron chi connectivity index (χ1n) is 7.16. The Bertz CT molecular complexity index is 625. The predicted molar refractivity (Wildman–Crippen MR) is 94.7 cm³/mol. The Balaban J connectivity index is 2.75. The van der Waals surface area contributed by atoms with Crippen molar-refractivity contribution >= 4 is 51.1 Å². The Morgan fingerprint density at radius 1 is 1.33 bits per heavy atom. The predicted octanol–water partition coefficient (Wildman–Crippen LogP) is 2.67. The topological polar surface area (TPSA) is 111 Å². The van der Waals surface area contributed by atoms with Crippen LogP contribution in [0.4, 0.5) is 10.5 Å². The fraction of sp³-hybridized carbons (Fsp3) is 0.400. The highest BCUT2D eigenvalue weighted by molar-refractivity contribution is 9.10. The van der Waals surface area contributed by atoms with E-state index in [0.717, 1.165) is 0 Å². The number of alkyl carbamates (subject to hydrolysis) is 1. The van der Waals surface area contributed by atoms with Crippen LogP contribution >= 0.6 is 27.5 Å². The van der Waals surface area contributed by atoms with Crippen LogP contribution in [0.1, 0.15) is 20.3 Å². The molecule has 1 atom stereocenters. The Morgan fingerprint density at radius 2 is 2.00 bits per heavy atom. The number of hydrogen-bond acceptors (Lipinski definition) is 4. The molecule has 4 N–H and O–H groups in total. The molecular weight excluding hydrogens is 402 g/mol. The van der Waals surface area contributed by atoms with Crippen molar-refractivity contribution in [1.29, 1.82) is 0 Å². The molecule has 0 radical (unpaired) electrons. The lowest BCUT2D eigenvalue weighted by Crippen LogP contribution is -2.46. The number of amides is 3. The molecule has 3 amide bonds. The van der Waals surface area contributed by atoms with Crippen molar-refractivity contribution in [3.05, 3.63) is 27.7 Å². The molecule has 0 aliphatic heterocycles. The number of ether oxygens (including phenoxy) is 1. The lowest BCUT2D eigenvalue weighted by atomic mass is 10.2. The van der Waals surface area contributed by atoms with Gasteiger partial charge in [-0.2, -0.15) is 0 Å². The quantitative estimate of drug-likeness (QED) is 0.629. The first-order chi connectivity index (χ1) is 11.2. The van der Waals surface area contributed by atoms with Crippen LogP contribution in [0.3, 0.4) is 0 Å². The minimum atomic E-state index is -1.14. The molecule has 24 heavy (non-hydrogen) atoms. The number of carbonyl (C=O) groups is 3. The minimum absolute atomic E-state index is 0.144. The summed E-state index contributed by atoms with van der Waals surface area (Å²) in [5.74, 6) is -1.17. The van der Waals surface area contributed by atoms with Crippen LogP contribution in [0.15, 0.2) is 22.7 Å². The van der Waals surface area contributed by atoms with E-state index in [0.29, 0.717) is 15.2 Å². The number of halogens is 2. The number of nitrogens with one attached hydrogen (secondary N) is 2. The Labute approximate surface area is 153 Å². The van der Waals surface area contributed by atoms with Gasteiger partial charge in [0.05, 0.1) is 18.1 Å². The van der Waals surface area contributed by atoms with Crippen LogP contribution in [0.25, 0.3) is 0 Å². The van der Waals surface area contributed by atoms with E-state index >= 15 is 0 Å². The molecule has 0 fully saturated rings. The van der Waals surface area contributed by atoms with Gasteiger partial charge in [-0.3, -0.25) is 9.59 Å². The average molecular weight is 421 g/mol. The molecular formula is C15H19BrClN3O4. The van der Waals surface area contributed by atoms with Crippen molar-refractivity contribution in [2.24, 2.45) is 11.7 Å². The lowest BCUT2D eigenvalue weighted by molar-refractivity contribution is -0.123. The van der Waals surface area contributed by atoms with Gasteiger partial charge in [-0.05, 0) is 40.0 Å². The summed E-state index contributed by atoms with van der Waals surface area (Å²) in [6, 6.07) is 3.63. The summed E-state index contributed by atoms with van der Waals surface area (Å²) in [5, 5.41) is 5.40. The van der Waals surface area contributed by atoms with Crippen LogP contribution in [0, 0.1) is 5.92 Å². The van der Waals surface area contributed by atoms with E-state index < -0.39 is 23.9 Å². The summed E-state index contributed by atoms with van der Waals surface area (Å²) in [7, 11) is 0. The fourth-order valence-corrected chi connectivity index (χ4v) is 2.14. The summed E-state index contributed by atoms with van der Waals surface area (Å²) in [5.41, 5.74) is 5.58. The van der Waals surface area contributed by atoms with Gasteiger partial charge in [-0.15, -0.1) is 0 Å². The molecule has 0 heterocycles. The minimum Gasteiger partial charge on any atom is -0.449 e. The molecule has 0 unspecified atom stereocenters. The molecule has 0 aromatic heterocycles. The van der Waals surface area contributed by atoms with Gasteiger partial charge in [0.2, 0.25) is 11.8 Å². The van der Waals surface area contributed by atoms with Gasteiger partial charge >= 0.3 is 6.09 Å². The van der Waals surface area contributed by atoms with Crippen LogP contribution in [0.2, 0.25) is 5.02 Å². The molecule has 0 aliphatic carbocycles. The normalized spacial score (nSPS) is 11.7. The molecule has 0 bridgehead atoms. The molecule has 7 nitrogen and oxygen atoms in total. The van der Waals surface area contributed by atoms with Crippen molar-refractivity contribution in [2.75, 3.05) is 11.9 Å². The molecule has 1 aromatic rings. The van der Waals surface area contributed by atoms with Crippen molar-refractivity contribution in [3.8, 4) is 0 Å². The van der Waals surface area contributed by atoms with Crippen molar-refractivity contribution in [3.63, 3.8) is 0 Å². The first-order valence-corrected chi connectivity index (χ1v) is 8.33. The lowest BCUT2D eigenvalue weighted by Gasteiger charge is -2.17. The number of hydrogen-bond donors (Lipinski definition) is 3. The summed E-state index contributed by atoms with van der Waals surface area (Å²) >= 11 is 9.12. The van der Waals surface area contributed by atoms with E-state index in [1.165, 1.54) is 0 Å². The van der Waals surface area contributed by atoms with Crippen LogP contribution in [-0.4, -0.2) is 30.6 Å². The number of benzene rings is 1. The molecule has 1 rings (SSSR count). The zero-order valence-corrected chi connectivity index (χ0v) is 15.6. The van der Waals surface area contributed by atoms with E-state index in [4.69, 9.17) is 22.1 Å². The van der Waals surface area contributed by atoms with Crippen LogP contribution in [0.5, 0.6) is 0 Å². The maximum atomic E-state index is 12.3. The Hall–Kier alpha value is -1.80. The Morgan fingerprint density at radius 3 is 2.54 bits per heavy atom. The van der Waals surface area contributed by atoms with Crippen LogP contribution in [-0.2, 0) is 14.3 Å². The standard InChI is InChI=1S/C15H19BrClN3O4/c1-8(2)7-24-15(23)20-12(6-13(18)21)14(22)19-9-3-4-11(17)10(16)5-9/h3-5,8,12H,6-7H2,1-2H3,(H2,18,21)(H,19,22)(H,20,23)/t12-/m0/s1. The smallest absolute Gasteiger partial charge is 0.407 e. The van der Waals surface area contributed by atoms with Gasteiger partial charge in [0.1, 0.15) is 6.04 Å². The third-order valence-electron chi connectivity index (χ3n) is 2.75. The molecule has 1 aromatic carbocycles. The van der Waals surface area contributed by atoms with E-state index in [1.54, 1.807) is 18.2 Å². The summed E-state index contributed by atoms with van der Waals surface area (Å²) < 4.78 is 5.54. The SMILES string of the molecule is CC(C)COC(=O)N[C@@H](CC(N)=O)C(=O)Nc1ccc(Cl)c(Br)c1. The van der Waals surface area contributed by atoms with Crippen molar-refractivity contribution in [2.45, 2.75) is 26.3 Å². The number of rotatable bonds is 7. The van der Waals surface area contributed by atoms with E-state index in [9.17, 15) is 14.4 Å². The summed E-state index contributed by atoms with van der Waals surface area (Å²) in [6.07, 6.45) is -1.14. The van der Waals surface area contributed by atoms with Crippen molar-refractivity contribution < 1.29 is 19.1 Å². The zero-order chi connectivity index (χ0) is 18.3.